The molecule has 4 rings (SSSR count). The van der Waals surface area contributed by atoms with Crippen LogP contribution in [0.4, 0.5) is 10.5 Å². The smallest absolute Gasteiger partial charge is 0.325 e. The van der Waals surface area contributed by atoms with E-state index >= 15 is 0 Å². The van der Waals surface area contributed by atoms with Crippen molar-refractivity contribution in [3.05, 3.63) is 95.4 Å². The van der Waals surface area contributed by atoms with Crippen molar-refractivity contribution in [3.63, 3.8) is 0 Å². The van der Waals surface area contributed by atoms with Crippen molar-refractivity contribution in [2.75, 3.05) is 11.9 Å². The number of likely N-dealkylation sites (N-methyl/N-ethyl adjacent to an activating group) is 1. The molecule has 0 unspecified atom stereocenters. The zero-order valence-corrected chi connectivity index (χ0v) is 20.9. The van der Waals surface area contributed by atoms with Crippen LogP contribution >= 0.6 is 11.3 Å². The molecule has 0 spiro atoms. The van der Waals surface area contributed by atoms with Gasteiger partial charge in [-0.2, -0.15) is 0 Å². The highest BCUT2D eigenvalue weighted by molar-refractivity contribution is 7.90. The average molecular weight is 508 g/mol. The minimum Gasteiger partial charge on any atom is -0.325 e. The number of hydrogen-bond donors (Lipinski definition) is 2. The first-order valence-electron chi connectivity index (χ1n) is 10.9. The number of fused-ring (bicyclic) bond motifs is 1. The molecule has 2 N–H and O–H groups in total. The number of urea groups is 1. The Hall–Kier alpha value is -3.69. The molecule has 0 aliphatic heterocycles. The van der Waals surface area contributed by atoms with Crippen LogP contribution in [0, 0.1) is 6.92 Å². The monoisotopic (exact) mass is 507 g/mol. The first-order valence-corrected chi connectivity index (χ1v) is 13.3. The third-order valence-electron chi connectivity index (χ3n) is 5.65. The van der Waals surface area contributed by atoms with Gasteiger partial charge in [-0.3, -0.25) is 4.79 Å². The fourth-order valence-corrected chi connectivity index (χ4v) is 5.73. The van der Waals surface area contributed by atoms with Crippen molar-refractivity contribution < 1.29 is 18.0 Å². The number of amides is 3. The van der Waals surface area contributed by atoms with Crippen molar-refractivity contribution in [1.29, 1.82) is 0 Å². The van der Waals surface area contributed by atoms with Gasteiger partial charge in [0, 0.05) is 23.9 Å². The second-order valence-corrected chi connectivity index (χ2v) is 10.7. The average Bonchev–Trinajstić information content (AvgIpc) is 3.31. The van der Waals surface area contributed by atoms with Crippen LogP contribution in [-0.4, -0.2) is 33.4 Å². The molecular formula is C26H25N3O4S2. The molecule has 7 nitrogen and oxygen atoms in total. The topological polar surface area (TPSA) is 95.6 Å². The number of sulfonamides is 1. The lowest BCUT2D eigenvalue weighted by atomic mass is 10.0. The van der Waals surface area contributed by atoms with Crippen molar-refractivity contribution in [2.45, 2.75) is 24.3 Å². The highest BCUT2D eigenvalue weighted by atomic mass is 32.2. The van der Waals surface area contributed by atoms with Crippen LogP contribution in [-0.2, 0) is 21.2 Å². The number of carbonyl (C=O) groups excluding carboxylic acids is 2. The first-order chi connectivity index (χ1) is 16.7. The zero-order valence-electron chi connectivity index (χ0n) is 19.3. The summed E-state index contributed by atoms with van der Waals surface area (Å²) in [6, 6.07) is 21.3. The molecule has 35 heavy (non-hydrogen) atoms. The molecule has 9 heteroatoms. The van der Waals surface area contributed by atoms with E-state index in [-0.39, 0.29) is 17.2 Å². The molecule has 3 aromatic carbocycles. The maximum Gasteiger partial charge on any atom is 0.329 e. The van der Waals surface area contributed by atoms with E-state index < -0.39 is 22.1 Å². The molecule has 0 aliphatic rings. The van der Waals surface area contributed by atoms with Gasteiger partial charge in [-0.05, 0) is 59.1 Å². The number of nitrogens with one attached hydrogen (secondary N) is 2. The summed E-state index contributed by atoms with van der Waals surface area (Å²) >= 11 is 1.61. The summed E-state index contributed by atoms with van der Waals surface area (Å²) in [7, 11) is -2.47. The summed E-state index contributed by atoms with van der Waals surface area (Å²) < 4.78 is 28.7. The van der Waals surface area contributed by atoms with Crippen molar-refractivity contribution in [1.82, 2.24) is 10.0 Å². The standard InChI is InChI=1S/C26H25N3O4S2/c1-18-8-6-7-11-24(18)35(32,33)28-26(31)27-22(16-19-9-4-3-5-10-19)25(30)29(2)21-12-13-23-20(17-21)14-15-34-23/h3-15,17,22H,16H2,1-2H3,(H2,27,28,31)/t22-/m0/s1. The lowest BCUT2D eigenvalue weighted by Crippen LogP contribution is -2.52. The Morgan fingerprint density at radius 3 is 2.43 bits per heavy atom. The van der Waals surface area contributed by atoms with Gasteiger partial charge in [-0.15, -0.1) is 11.3 Å². The second kappa shape index (κ2) is 10.3. The van der Waals surface area contributed by atoms with Crippen molar-refractivity contribution >= 4 is 49.1 Å². The highest BCUT2D eigenvalue weighted by Gasteiger charge is 2.28. The van der Waals surface area contributed by atoms with E-state index in [0.717, 1.165) is 15.6 Å². The maximum atomic E-state index is 13.5. The number of rotatable bonds is 7. The number of nitrogens with zero attached hydrogens (tertiary/aromatic N) is 1. The molecule has 0 saturated heterocycles. The fourth-order valence-electron chi connectivity index (χ4n) is 3.80. The van der Waals surface area contributed by atoms with Crippen LogP contribution in [0.5, 0.6) is 0 Å². The van der Waals surface area contributed by atoms with E-state index in [4.69, 9.17) is 0 Å². The summed E-state index contributed by atoms with van der Waals surface area (Å²) in [4.78, 5) is 27.7. The van der Waals surface area contributed by atoms with Gasteiger partial charge in [0.25, 0.3) is 10.0 Å². The van der Waals surface area contributed by atoms with Gasteiger partial charge >= 0.3 is 6.03 Å². The minimum absolute atomic E-state index is 0.00210. The molecule has 4 aromatic rings. The zero-order chi connectivity index (χ0) is 25.0. The number of carbonyl (C=O) groups is 2. The van der Waals surface area contributed by atoms with E-state index in [1.807, 2.05) is 64.7 Å². The van der Waals surface area contributed by atoms with Gasteiger partial charge < -0.3 is 10.2 Å². The van der Waals surface area contributed by atoms with E-state index in [1.54, 1.807) is 43.5 Å². The Bertz CT molecular complexity index is 1470. The molecule has 1 atom stereocenters. The molecule has 180 valence electrons. The summed E-state index contributed by atoms with van der Waals surface area (Å²) in [6.45, 7) is 1.65. The van der Waals surface area contributed by atoms with Gasteiger partial charge in [0.2, 0.25) is 5.91 Å². The second-order valence-electron chi connectivity index (χ2n) is 8.13. The minimum atomic E-state index is -4.11. The number of hydrogen-bond acceptors (Lipinski definition) is 5. The number of thiophene rings is 1. The Balaban J connectivity index is 1.56. The lowest BCUT2D eigenvalue weighted by Gasteiger charge is -2.25. The van der Waals surface area contributed by atoms with Gasteiger partial charge in [-0.25, -0.2) is 17.9 Å². The SMILES string of the molecule is Cc1ccccc1S(=O)(=O)NC(=O)N[C@@H](Cc1ccccc1)C(=O)N(C)c1ccc2sccc2c1. The van der Waals surface area contributed by atoms with Crippen molar-refractivity contribution in [2.24, 2.45) is 0 Å². The number of benzene rings is 3. The molecule has 3 amide bonds. The Morgan fingerprint density at radius 1 is 0.971 bits per heavy atom. The molecule has 0 fully saturated rings. The Labute approximate surface area is 208 Å². The predicted molar refractivity (Wildman–Crippen MR) is 139 cm³/mol. The van der Waals surface area contributed by atoms with Crippen molar-refractivity contribution in [3.8, 4) is 0 Å². The van der Waals surface area contributed by atoms with E-state index in [2.05, 4.69) is 5.32 Å². The van der Waals surface area contributed by atoms with Gasteiger partial charge in [0.15, 0.2) is 0 Å². The predicted octanol–water partition coefficient (Wildman–Crippen LogP) is 4.47. The molecule has 0 aliphatic carbocycles. The van der Waals surface area contributed by atoms with Crippen LogP contribution in [0.1, 0.15) is 11.1 Å². The molecule has 1 aromatic heterocycles. The summed E-state index contributed by atoms with van der Waals surface area (Å²) in [5.41, 5.74) is 2.01. The highest BCUT2D eigenvalue weighted by Crippen LogP contribution is 2.26. The number of anilines is 1. The lowest BCUT2D eigenvalue weighted by molar-refractivity contribution is -0.120. The first kappa shape index (κ1) is 24.4. The normalized spacial score (nSPS) is 12.2. The Kier molecular flexibility index (Phi) is 7.18. The fraction of sp³-hybridized carbons (Fsp3) is 0.154. The summed E-state index contributed by atoms with van der Waals surface area (Å²) in [5.74, 6) is -0.369. The van der Waals surface area contributed by atoms with E-state index in [1.165, 1.54) is 11.0 Å². The summed E-state index contributed by atoms with van der Waals surface area (Å²) in [6.07, 6.45) is 0.197. The molecule has 0 bridgehead atoms. The van der Waals surface area contributed by atoms with E-state index in [0.29, 0.717) is 11.3 Å². The van der Waals surface area contributed by atoms with Crippen LogP contribution in [0.25, 0.3) is 10.1 Å². The third-order valence-corrected chi connectivity index (χ3v) is 8.04. The molecule has 0 saturated carbocycles. The molecule has 0 radical (unpaired) electrons. The summed E-state index contributed by atoms with van der Waals surface area (Å²) in [5, 5.41) is 5.57. The maximum absolute atomic E-state index is 13.5. The largest absolute Gasteiger partial charge is 0.329 e. The third kappa shape index (κ3) is 5.70. The quantitative estimate of drug-likeness (QED) is 0.386. The molecular weight excluding hydrogens is 482 g/mol. The van der Waals surface area contributed by atoms with Crippen LogP contribution in [0.3, 0.4) is 0 Å². The van der Waals surface area contributed by atoms with Crippen LogP contribution < -0.4 is 14.9 Å². The van der Waals surface area contributed by atoms with Crippen LogP contribution in [0.15, 0.2) is 89.1 Å². The molecule has 1 heterocycles. The number of aryl methyl sites for hydroxylation is 1. The van der Waals surface area contributed by atoms with Gasteiger partial charge in [0.1, 0.15) is 6.04 Å². The van der Waals surface area contributed by atoms with Gasteiger partial charge in [-0.1, -0.05) is 48.5 Å². The van der Waals surface area contributed by atoms with E-state index in [9.17, 15) is 18.0 Å². The van der Waals surface area contributed by atoms with Crippen LogP contribution in [0.2, 0.25) is 0 Å². The van der Waals surface area contributed by atoms with Gasteiger partial charge in [0.05, 0.1) is 4.90 Å². The Morgan fingerprint density at radius 2 is 1.69 bits per heavy atom.